The molecule has 0 unspecified atom stereocenters. The molecular weight excluding hydrogens is 170 g/mol. The smallest absolute Gasteiger partial charge is 0.160 e. The van der Waals surface area contributed by atoms with E-state index in [1.54, 1.807) is 18.2 Å². The van der Waals surface area contributed by atoms with Crippen LogP contribution in [0.25, 0.3) is 0 Å². The molecule has 72 valence electrons. The van der Waals surface area contributed by atoms with Gasteiger partial charge in [0.2, 0.25) is 0 Å². The minimum atomic E-state index is 0.124. The standard InChI is InChI=1S/C9H13NO3/c1-12-9-4-7(5-13-6-10)2-3-8(9)11/h2-4,11H,5-6,10H2,1H3. The fraction of sp³-hybridized carbons (Fsp3) is 0.333. The molecule has 4 nitrogen and oxygen atoms in total. The van der Waals surface area contributed by atoms with E-state index in [0.29, 0.717) is 12.4 Å². The number of phenolic OH excluding ortho intramolecular Hbond substituents is 1. The Hall–Kier alpha value is -1.26. The minimum absolute atomic E-state index is 0.124. The third-order valence-corrected chi connectivity index (χ3v) is 1.63. The number of benzene rings is 1. The van der Waals surface area contributed by atoms with E-state index in [-0.39, 0.29) is 12.5 Å². The first-order valence-corrected chi connectivity index (χ1v) is 3.91. The van der Waals surface area contributed by atoms with E-state index in [1.807, 2.05) is 0 Å². The van der Waals surface area contributed by atoms with E-state index in [2.05, 4.69) is 0 Å². The zero-order valence-corrected chi connectivity index (χ0v) is 7.49. The van der Waals surface area contributed by atoms with Crippen molar-refractivity contribution in [2.75, 3.05) is 13.8 Å². The normalized spacial score (nSPS) is 10.0. The van der Waals surface area contributed by atoms with E-state index in [1.165, 1.54) is 7.11 Å². The fourth-order valence-corrected chi connectivity index (χ4v) is 0.989. The molecule has 0 saturated carbocycles. The maximum absolute atomic E-state index is 9.27. The third-order valence-electron chi connectivity index (χ3n) is 1.63. The second-order valence-corrected chi connectivity index (χ2v) is 2.52. The summed E-state index contributed by atoms with van der Waals surface area (Å²) in [5, 5.41) is 9.27. The highest BCUT2D eigenvalue weighted by molar-refractivity contribution is 5.41. The summed E-state index contributed by atoms with van der Waals surface area (Å²) in [6.45, 7) is 0.607. The van der Waals surface area contributed by atoms with Gasteiger partial charge in [-0.25, -0.2) is 0 Å². The summed E-state index contributed by atoms with van der Waals surface area (Å²) in [5.74, 6) is 0.567. The summed E-state index contributed by atoms with van der Waals surface area (Å²) in [4.78, 5) is 0. The molecule has 0 heterocycles. The molecular formula is C9H13NO3. The van der Waals surface area contributed by atoms with E-state index in [4.69, 9.17) is 15.2 Å². The van der Waals surface area contributed by atoms with Gasteiger partial charge in [0, 0.05) is 0 Å². The van der Waals surface area contributed by atoms with Crippen LogP contribution in [0.3, 0.4) is 0 Å². The molecule has 0 saturated heterocycles. The van der Waals surface area contributed by atoms with Crippen molar-refractivity contribution in [1.29, 1.82) is 0 Å². The molecule has 1 aromatic rings. The van der Waals surface area contributed by atoms with Crippen LogP contribution in [0.1, 0.15) is 5.56 Å². The van der Waals surface area contributed by atoms with Gasteiger partial charge in [0.15, 0.2) is 11.5 Å². The van der Waals surface area contributed by atoms with Gasteiger partial charge in [0.05, 0.1) is 20.4 Å². The van der Waals surface area contributed by atoms with Gasteiger partial charge in [-0.15, -0.1) is 0 Å². The Kier molecular flexibility index (Phi) is 3.54. The molecule has 0 aliphatic heterocycles. The minimum Gasteiger partial charge on any atom is -0.504 e. The molecule has 1 rings (SSSR count). The summed E-state index contributed by atoms with van der Waals surface area (Å²) < 4.78 is 9.93. The van der Waals surface area contributed by atoms with Crippen LogP contribution in [-0.2, 0) is 11.3 Å². The molecule has 0 spiro atoms. The first-order chi connectivity index (χ1) is 6.27. The van der Waals surface area contributed by atoms with Gasteiger partial charge >= 0.3 is 0 Å². The van der Waals surface area contributed by atoms with Gasteiger partial charge in [-0.05, 0) is 17.7 Å². The van der Waals surface area contributed by atoms with Crippen LogP contribution >= 0.6 is 0 Å². The quantitative estimate of drug-likeness (QED) is 0.679. The fourth-order valence-electron chi connectivity index (χ4n) is 0.989. The second kappa shape index (κ2) is 4.69. The number of hydrogen-bond donors (Lipinski definition) is 2. The highest BCUT2D eigenvalue weighted by atomic mass is 16.5. The molecule has 0 fully saturated rings. The number of ether oxygens (including phenoxy) is 2. The van der Waals surface area contributed by atoms with E-state index >= 15 is 0 Å². The highest BCUT2D eigenvalue weighted by Crippen LogP contribution is 2.26. The van der Waals surface area contributed by atoms with Crippen LogP contribution in [0.2, 0.25) is 0 Å². The Bertz CT molecular complexity index is 276. The van der Waals surface area contributed by atoms with E-state index in [0.717, 1.165) is 5.56 Å². The van der Waals surface area contributed by atoms with Crippen molar-refractivity contribution in [3.05, 3.63) is 23.8 Å². The molecule has 0 bridgehead atoms. The van der Waals surface area contributed by atoms with Crippen LogP contribution in [0, 0.1) is 0 Å². The Morgan fingerprint density at radius 1 is 1.46 bits per heavy atom. The van der Waals surface area contributed by atoms with Crippen LogP contribution in [0.15, 0.2) is 18.2 Å². The Labute approximate surface area is 76.9 Å². The van der Waals surface area contributed by atoms with Crippen molar-refractivity contribution in [2.24, 2.45) is 5.73 Å². The van der Waals surface area contributed by atoms with Crippen LogP contribution in [0.5, 0.6) is 11.5 Å². The molecule has 0 aliphatic carbocycles. The van der Waals surface area contributed by atoms with Gasteiger partial charge in [-0.1, -0.05) is 6.07 Å². The molecule has 1 aromatic carbocycles. The number of aromatic hydroxyl groups is 1. The van der Waals surface area contributed by atoms with Crippen molar-refractivity contribution in [3.63, 3.8) is 0 Å². The summed E-state index contributed by atoms with van der Waals surface area (Å²) >= 11 is 0. The lowest BCUT2D eigenvalue weighted by Crippen LogP contribution is -2.04. The summed E-state index contributed by atoms with van der Waals surface area (Å²) in [6.07, 6.45) is 0. The lowest BCUT2D eigenvalue weighted by Gasteiger charge is -2.06. The lowest BCUT2D eigenvalue weighted by atomic mass is 10.2. The molecule has 0 radical (unpaired) electrons. The van der Waals surface area contributed by atoms with Crippen molar-refractivity contribution < 1.29 is 14.6 Å². The highest BCUT2D eigenvalue weighted by Gasteiger charge is 2.01. The van der Waals surface area contributed by atoms with Crippen molar-refractivity contribution >= 4 is 0 Å². The maximum Gasteiger partial charge on any atom is 0.160 e. The van der Waals surface area contributed by atoms with Crippen LogP contribution in [-0.4, -0.2) is 18.9 Å². The second-order valence-electron chi connectivity index (χ2n) is 2.52. The largest absolute Gasteiger partial charge is 0.504 e. The van der Waals surface area contributed by atoms with Crippen LogP contribution in [0.4, 0.5) is 0 Å². The van der Waals surface area contributed by atoms with E-state index in [9.17, 15) is 5.11 Å². The molecule has 13 heavy (non-hydrogen) atoms. The van der Waals surface area contributed by atoms with Gasteiger partial charge in [0.25, 0.3) is 0 Å². The summed E-state index contributed by atoms with van der Waals surface area (Å²) in [5.41, 5.74) is 6.09. The number of methoxy groups -OCH3 is 1. The molecule has 0 atom stereocenters. The van der Waals surface area contributed by atoms with Gasteiger partial charge in [-0.3, -0.25) is 0 Å². The monoisotopic (exact) mass is 183 g/mol. The Morgan fingerprint density at radius 2 is 2.23 bits per heavy atom. The molecule has 0 amide bonds. The molecule has 0 aliphatic rings. The number of rotatable bonds is 4. The van der Waals surface area contributed by atoms with Crippen molar-refractivity contribution in [3.8, 4) is 11.5 Å². The first kappa shape index (κ1) is 9.83. The zero-order valence-electron chi connectivity index (χ0n) is 7.49. The average molecular weight is 183 g/mol. The van der Waals surface area contributed by atoms with Crippen LogP contribution < -0.4 is 10.5 Å². The van der Waals surface area contributed by atoms with Crippen molar-refractivity contribution in [2.45, 2.75) is 6.61 Å². The number of hydrogen-bond acceptors (Lipinski definition) is 4. The third kappa shape index (κ3) is 2.61. The maximum atomic E-state index is 9.27. The Balaban J connectivity index is 2.74. The summed E-state index contributed by atoms with van der Waals surface area (Å²) in [7, 11) is 1.50. The first-order valence-electron chi connectivity index (χ1n) is 3.91. The predicted octanol–water partition coefficient (Wildman–Crippen LogP) is 0.834. The van der Waals surface area contributed by atoms with Gasteiger partial charge < -0.3 is 20.3 Å². The number of phenols is 1. The molecule has 3 N–H and O–H groups in total. The topological polar surface area (TPSA) is 64.7 Å². The Morgan fingerprint density at radius 3 is 2.85 bits per heavy atom. The van der Waals surface area contributed by atoms with E-state index < -0.39 is 0 Å². The van der Waals surface area contributed by atoms with Crippen molar-refractivity contribution in [1.82, 2.24) is 0 Å². The number of nitrogens with two attached hydrogens (primary N) is 1. The lowest BCUT2D eigenvalue weighted by molar-refractivity contribution is 0.127. The van der Waals surface area contributed by atoms with Gasteiger partial charge in [0.1, 0.15) is 0 Å². The molecule has 0 aromatic heterocycles. The average Bonchev–Trinajstić information content (AvgIpc) is 2.16. The SMILES string of the molecule is COc1cc(COCN)ccc1O. The predicted molar refractivity (Wildman–Crippen MR) is 48.5 cm³/mol. The van der Waals surface area contributed by atoms with Gasteiger partial charge in [-0.2, -0.15) is 0 Å². The summed E-state index contributed by atoms with van der Waals surface area (Å²) in [6, 6.07) is 5.03. The zero-order chi connectivity index (χ0) is 9.68. The molecule has 4 heteroatoms.